The fraction of sp³-hybridized carbons (Fsp3) is 0.867. The van der Waals surface area contributed by atoms with Crippen molar-refractivity contribution in [3.63, 3.8) is 0 Å². The van der Waals surface area contributed by atoms with Gasteiger partial charge in [-0.2, -0.15) is 0 Å². The third-order valence-corrected chi connectivity index (χ3v) is 2.81. The average Bonchev–Trinajstić information content (AvgIpc) is 2.23. The fourth-order valence-corrected chi connectivity index (χ4v) is 1.93. The van der Waals surface area contributed by atoms with Crippen LogP contribution in [-0.4, -0.2) is 39.8 Å². The molecule has 0 heterocycles. The highest BCUT2D eigenvalue weighted by Gasteiger charge is 2.37. The van der Waals surface area contributed by atoms with E-state index in [2.05, 4.69) is 0 Å². The first-order valence-electron chi connectivity index (χ1n) is 7.37. The molecule has 0 fully saturated rings. The van der Waals surface area contributed by atoms with Gasteiger partial charge < -0.3 is 10.5 Å². The molecule has 0 aromatic heterocycles. The number of hydrogen-bond donors (Lipinski definition) is 2. The molecule has 0 spiro atoms. The van der Waals surface area contributed by atoms with Gasteiger partial charge in [0.25, 0.3) is 5.91 Å². The summed E-state index contributed by atoms with van der Waals surface area (Å²) in [5.74, 6) is -1.37. The molecular formula is C15H30N2O4. The number of ether oxygens (including phenoxy) is 1. The standard InChI is InChI=1S/C15H30N2O4/c1-9(2)8-11(16)13(18)17(20)12(10(3)4)14(19)21-15(5,6)7/h9-12,20H,8,16H2,1-7H3. The van der Waals surface area contributed by atoms with Crippen LogP contribution in [0, 0.1) is 11.8 Å². The van der Waals surface area contributed by atoms with E-state index in [4.69, 9.17) is 10.5 Å². The van der Waals surface area contributed by atoms with Crippen LogP contribution in [0.2, 0.25) is 0 Å². The molecule has 2 atom stereocenters. The lowest BCUT2D eigenvalue weighted by Gasteiger charge is -2.31. The maximum atomic E-state index is 12.2. The fourth-order valence-electron chi connectivity index (χ4n) is 1.93. The Morgan fingerprint density at radius 3 is 2.00 bits per heavy atom. The molecule has 0 aromatic carbocycles. The number of hydrogen-bond acceptors (Lipinski definition) is 5. The minimum Gasteiger partial charge on any atom is -0.458 e. The zero-order valence-electron chi connectivity index (χ0n) is 14.2. The summed E-state index contributed by atoms with van der Waals surface area (Å²) in [6, 6.07) is -1.89. The summed E-state index contributed by atoms with van der Waals surface area (Å²) in [6.45, 7) is 12.5. The minimum atomic E-state index is -1.06. The van der Waals surface area contributed by atoms with Gasteiger partial charge in [0.15, 0.2) is 6.04 Å². The Morgan fingerprint density at radius 2 is 1.67 bits per heavy atom. The van der Waals surface area contributed by atoms with Crippen LogP contribution < -0.4 is 5.73 Å². The zero-order valence-corrected chi connectivity index (χ0v) is 14.2. The first kappa shape index (κ1) is 19.9. The number of rotatable bonds is 6. The second kappa shape index (κ2) is 7.75. The van der Waals surface area contributed by atoms with Crippen LogP contribution in [0.15, 0.2) is 0 Å². The van der Waals surface area contributed by atoms with Crippen molar-refractivity contribution in [3.05, 3.63) is 0 Å². The van der Waals surface area contributed by atoms with Crippen LogP contribution in [0.5, 0.6) is 0 Å². The van der Waals surface area contributed by atoms with Gasteiger partial charge in [0, 0.05) is 0 Å². The van der Waals surface area contributed by atoms with Crippen molar-refractivity contribution in [3.8, 4) is 0 Å². The molecule has 0 radical (unpaired) electrons. The second-order valence-electron chi connectivity index (χ2n) is 7.14. The lowest BCUT2D eigenvalue weighted by molar-refractivity contribution is -0.199. The van der Waals surface area contributed by atoms with Gasteiger partial charge >= 0.3 is 5.97 Å². The highest BCUT2D eigenvalue weighted by atomic mass is 16.6. The summed E-state index contributed by atoms with van der Waals surface area (Å²) in [7, 11) is 0. The number of nitrogens with zero attached hydrogens (tertiary/aromatic N) is 1. The first-order chi connectivity index (χ1) is 9.36. The molecule has 2 unspecified atom stereocenters. The van der Waals surface area contributed by atoms with Crippen LogP contribution in [0.25, 0.3) is 0 Å². The molecule has 0 aromatic rings. The van der Waals surface area contributed by atoms with Gasteiger partial charge in [-0.25, -0.2) is 9.86 Å². The molecular weight excluding hydrogens is 272 g/mol. The van der Waals surface area contributed by atoms with Crippen LogP contribution in [0.1, 0.15) is 54.9 Å². The summed E-state index contributed by atoms with van der Waals surface area (Å²) in [5, 5.41) is 10.5. The van der Waals surface area contributed by atoms with Gasteiger partial charge in [-0.1, -0.05) is 27.7 Å². The van der Waals surface area contributed by atoms with Gasteiger partial charge in [-0.3, -0.25) is 10.0 Å². The molecule has 0 rings (SSSR count). The maximum Gasteiger partial charge on any atom is 0.332 e. The Bertz CT molecular complexity index is 361. The molecule has 3 N–H and O–H groups in total. The highest BCUT2D eigenvalue weighted by Crippen LogP contribution is 2.17. The zero-order chi connectivity index (χ0) is 17.0. The van der Waals surface area contributed by atoms with Gasteiger partial charge in [0.2, 0.25) is 0 Å². The maximum absolute atomic E-state index is 12.2. The molecule has 0 aliphatic rings. The van der Waals surface area contributed by atoms with Crippen LogP contribution in [-0.2, 0) is 14.3 Å². The van der Waals surface area contributed by atoms with Crippen molar-refractivity contribution in [2.75, 3.05) is 0 Å². The van der Waals surface area contributed by atoms with Crippen LogP contribution in [0.3, 0.4) is 0 Å². The van der Waals surface area contributed by atoms with Crippen molar-refractivity contribution in [2.45, 2.75) is 72.6 Å². The molecule has 0 aliphatic heterocycles. The van der Waals surface area contributed by atoms with E-state index < -0.39 is 29.6 Å². The van der Waals surface area contributed by atoms with Gasteiger partial charge in [-0.15, -0.1) is 0 Å². The van der Waals surface area contributed by atoms with E-state index in [-0.39, 0.29) is 11.8 Å². The molecule has 0 saturated heterocycles. The van der Waals surface area contributed by atoms with Crippen molar-refractivity contribution < 1.29 is 19.5 Å². The largest absolute Gasteiger partial charge is 0.458 e. The predicted molar refractivity (Wildman–Crippen MR) is 80.5 cm³/mol. The molecule has 124 valence electrons. The molecule has 6 nitrogen and oxygen atoms in total. The number of esters is 1. The summed E-state index contributed by atoms with van der Waals surface area (Å²) < 4.78 is 5.26. The smallest absolute Gasteiger partial charge is 0.332 e. The summed E-state index contributed by atoms with van der Waals surface area (Å²) in [4.78, 5) is 24.3. The van der Waals surface area contributed by atoms with Gasteiger partial charge in [-0.05, 0) is 39.0 Å². The number of amides is 1. The van der Waals surface area contributed by atoms with Crippen molar-refractivity contribution in [1.82, 2.24) is 5.06 Å². The molecule has 0 aliphatic carbocycles. The summed E-state index contributed by atoms with van der Waals surface area (Å²) in [5.41, 5.74) is 5.09. The van der Waals surface area contributed by atoms with E-state index >= 15 is 0 Å². The monoisotopic (exact) mass is 302 g/mol. The highest BCUT2D eigenvalue weighted by molar-refractivity contribution is 5.86. The van der Waals surface area contributed by atoms with E-state index in [1.165, 1.54) is 0 Å². The second-order valence-corrected chi connectivity index (χ2v) is 7.14. The van der Waals surface area contributed by atoms with Crippen molar-refractivity contribution >= 4 is 11.9 Å². The third kappa shape index (κ3) is 6.91. The van der Waals surface area contributed by atoms with E-state index in [1.807, 2.05) is 13.8 Å². The van der Waals surface area contributed by atoms with E-state index in [1.54, 1.807) is 34.6 Å². The van der Waals surface area contributed by atoms with Crippen molar-refractivity contribution in [2.24, 2.45) is 17.6 Å². The quantitative estimate of drug-likeness (QED) is 0.444. The molecule has 0 bridgehead atoms. The molecule has 6 heteroatoms. The van der Waals surface area contributed by atoms with E-state index in [0.29, 0.717) is 11.5 Å². The lowest BCUT2D eigenvalue weighted by atomic mass is 10.0. The first-order valence-corrected chi connectivity index (χ1v) is 7.37. The topological polar surface area (TPSA) is 92.9 Å². The molecule has 1 amide bonds. The number of carbonyl (C=O) groups is 2. The average molecular weight is 302 g/mol. The Labute approximate surface area is 127 Å². The van der Waals surface area contributed by atoms with E-state index in [0.717, 1.165) is 0 Å². The normalized spacial score (nSPS) is 15.0. The summed E-state index contributed by atoms with van der Waals surface area (Å²) in [6.07, 6.45) is 0.440. The minimum absolute atomic E-state index is 0.219. The Kier molecular flexibility index (Phi) is 7.33. The SMILES string of the molecule is CC(C)CC(N)C(=O)N(O)C(C(=O)OC(C)(C)C)C(C)C. The van der Waals surface area contributed by atoms with Gasteiger partial charge in [0.05, 0.1) is 6.04 Å². The molecule has 0 saturated carbocycles. The lowest BCUT2D eigenvalue weighted by Crippen LogP contribution is -2.53. The van der Waals surface area contributed by atoms with E-state index in [9.17, 15) is 14.8 Å². The van der Waals surface area contributed by atoms with Crippen molar-refractivity contribution in [1.29, 1.82) is 0 Å². The summed E-state index contributed by atoms with van der Waals surface area (Å²) >= 11 is 0. The predicted octanol–water partition coefficient (Wildman–Crippen LogP) is 1.94. The third-order valence-electron chi connectivity index (χ3n) is 2.81. The molecule has 21 heavy (non-hydrogen) atoms. The number of nitrogens with two attached hydrogens (primary N) is 1. The van der Waals surface area contributed by atoms with Crippen LogP contribution in [0.4, 0.5) is 0 Å². The number of carbonyl (C=O) groups excluding carboxylic acids is 2. The number of hydroxylamine groups is 2. The Morgan fingerprint density at radius 1 is 1.19 bits per heavy atom. The van der Waals surface area contributed by atoms with Crippen LogP contribution >= 0.6 is 0 Å². The Balaban J connectivity index is 5.03. The van der Waals surface area contributed by atoms with Gasteiger partial charge in [0.1, 0.15) is 5.60 Å². The Hall–Kier alpha value is -1.14.